The third-order valence-corrected chi connectivity index (χ3v) is 4.84. The maximum atomic E-state index is 5.46. The Bertz CT molecular complexity index is 694. The van der Waals surface area contributed by atoms with E-state index in [1.165, 1.54) is 16.5 Å². The van der Waals surface area contributed by atoms with Gasteiger partial charge in [-0.25, -0.2) is 0 Å². The number of nitrogens with one attached hydrogen (secondary N) is 1. The number of thiophene rings is 1. The summed E-state index contributed by atoms with van der Waals surface area (Å²) in [5.74, 6) is 1.87. The lowest BCUT2D eigenvalue weighted by Gasteiger charge is -2.19. The van der Waals surface area contributed by atoms with Gasteiger partial charge in [0.05, 0.1) is 4.88 Å². The quantitative estimate of drug-likeness (QED) is 0.784. The molecule has 1 unspecified atom stereocenters. The van der Waals surface area contributed by atoms with Gasteiger partial charge in [-0.2, -0.15) is 4.98 Å². The molecule has 1 fully saturated rings. The topological polar surface area (TPSA) is 51.0 Å². The van der Waals surface area contributed by atoms with Crippen LogP contribution in [-0.4, -0.2) is 23.2 Å². The fraction of sp³-hybridized carbons (Fsp3) is 0.333. The molecule has 1 aliphatic rings. The van der Waals surface area contributed by atoms with E-state index in [1.54, 1.807) is 11.3 Å². The van der Waals surface area contributed by atoms with E-state index in [-0.39, 0.29) is 0 Å². The molecule has 0 spiro atoms. The highest BCUT2D eigenvalue weighted by Crippen LogP contribution is 2.33. The molecule has 0 aliphatic carbocycles. The van der Waals surface area contributed by atoms with Gasteiger partial charge in [-0.1, -0.05) is 23.4 Å². The first-order valence-electron chi connectivity index (χ1n) is 6.93. The number of hydrogen-bond acceptors (Lipinski definition) is 5. The van der Waals surface area contributed by atoms with Crippen LogP contribution in [0.2, 0.25) is 0 Å². The van der Waals surface area contributed by atoms with Crippen LogP contribution in [-0.2, 0) is 0 Å². The summed E-state index contributed by atoms with van der Waals surface area (Å²) in [6.07, 6.45) is 2.32. The van der Waals surface area contributed by atoms with Crippen LogP contribution in [0, 0.1) is 0 Å². The van der Waals surface area contributed by atoms with Crippen molar-refractivity contribution in [2.24, 2.45) is 0 Å². The zero-order valence-corrected chi connectivity index (χ0v) is 11.8. The normalized spacial score (nSPS) is 19.5. The highest BCUT2D eigenvalue weighted by atomic mass is 32.1. The molecule has 4 rings (SSSR count). The minimum absolute atomic E-state index is 0.385. The molecule has 20 heavy (non-hydrogen) atoms. The molecular formula is C15H15N3OS. The summed E-state index contributed by atoms with van der Waals surface area (Å²) in [6, 6.07) is 10.4. The lowest BCUT2D eigenvalue weighted by Crippen LogP contribution is -2.28. The lowest BCUT2D eigenvalue weighted by molar-refractivity contribution is 0.393. The average molecular weight is 285 g/mol. The number of nitrogens with zero attached hydrogens (tertiary/aromatic N) is 2. The second-order valence-corrected chi connectivity index (χ2v) is 6.23. The molecule has 3 aromatic rings. The van der Waals surface area contributed by atoms with Gasteiger partial charge in [-0.15, -0.1) is 11.3 Å². The van der Waals surface area contributed by atoms with Crippen LogP contribution in [0.1, 0.15) is 24.6 Å². The van der Waals surface area contributed by atoms with Crippen LogP contribution in [0.15, 0.2) is 34.9 Å². The summed E-state index contributed by atoms with van der Waals surface area (Å²) in [4.78, 5) is 5.64. The molecule has 0 radical (unpaired) electrons. The monoisotopic (exact) mass is 285 g/mol. The van der Waals surface area contributed by atoms with Gasteiger partial charge in [0, 0.05) is 17.2 Å². The van der Waals surface area contributed by atoms with Crippen LogP contribution < -0.4 is 5.32 Å². The second-order valence-electron chi connectivity index (χ2n) is 5.15. The number of rotatable bonds is 2. The van der Waals surface area contributed by atoms with Gasteiger partial charge in [0.1, 0.15) is 0 Å². The SMILES string of the molecule is c1ccc2sc(-c3nc(C4CCCNC4)no3)cc2c1. The first-order chi connectivity index (χ1) is 9.90. The first kappa shape index (κ1) is 12.1. The fourth-order valence-electron chi connectivity index (χ4n) is 2.66. The van der Waals surface area contributed by atoms with E-state index in [1.807, 2.05) is 6.07 Å². The summed E-state index contributed by atoms with van der Waals surface area (Å²) in [7, 11) is 0. The lowest BCUT2D eigenvalue weighted by atomic mass is 9.99. The number of hydrogen-bond donors (Lipinski definition) is 1. The summed E-state index contributed by atoms with van der Waals surface area (Å²) >= 11 is 1.70. The maximum Gasteiger partial charge on any atom is 0.268 e. The molecule has 0 bridgehead atoms. The van der Waals surface area contributed by atoms with Gasteiger partial charge < -0.3 is 9.84 Å². The van der Waals surface area contributed by atoms with Crippen molar-refractivity contribution in [3.8, 4) is 10.8 Å². The molecule has 1 aromatic carbocycles. The molecule has 3 heterocycles. The molecule has 1 aliphatic heterocycles. The number of fused-ring (bicyclic) bond motifs is 1. The van der Waals surface area contributed by atoms with Crippen molar-refractivity contribution in [3.05, 3.63) is 36.2 Å². The van der Waals surface area contributed by atoms with Crippen LogP contribution in [0.4, 0.5) is 0 Å². The van der Waals surface area contributed by atoms with Gasteiger partial charge in [0.15, 0.2) is 5.82 Å². The number of aromatic nitrogens is 2. The molecule has 0 saturated carbocycles. The molecule has 2 aromatic heterocycles. The zero-order valence-electron chi connectivity index (χ0n) is 11.0. The standard InChI is InChI=1S/C15H15N3OS/c1-2-6-12-10(4-1)8-13(20-12)15-17-14(18-19-15)11-5-3-7-16-9-11/h1-2,4,6,8,11,16H,3,5,7,9H2. The van der Waals surface area contributed by atoms with E-state index in [4.69, 9.17) is 4.52 Å². The van der Waals surface area contributed by atoms with Gasteiger partial charge >= 0.3 is 0 Å². The Kier molecular flexibility index (Phi) is 3.01. The van der Waals surface area contributed by atoms with Crippen molar-refractivity contribution < 1.29 is 4.52 Å². The molecule has 5 heteroatoms. The maximum absolute atomic E-state index is 5.46. The Morgan fingerprint density at radius 1 is 1.30 bits per heavy atom. The predicted molar refractivity (Wildman–Crippen MR) is 80.0 cm³/mol. The average Bonchev–Trinajstić information content (AvgIpc) is 3.14. The van der Waals surface area contributed by atoms with Crippen molar-refractivity contribution in [2.45, 2.75) is 18.8 Å². The van der Waals surface area contributed by atoms with Crippen molar-refractivity contribution >= 4 is 21.4 Å². The van der Waals surface area contributed by atoms with E-state index in [2.05, 4.69) is 39.7 Å². The van der Waals surface area contributed by atoms with Gasteiger partial charge in [0.2, 0.25) is 0 Å². The second kappa shape index (κ2) is 5.00. The van der Waals surface area contributed by atoms with Gasteiger partial charge in [-0.05, 0) is 36.9 Å². The van der Waals surface area contributed by atoms with Gasteiger partial charge in [-0.3, -0.25) is 0 Å². The van der Waals surface area contributed by atoms with Crippen LogP contribution in [0.3, 0.4) is 0 Å². The summed E-state index contributed by atoms with van der Waals surface area (Å²) in [5.41, 5.74) is 0. The third-order valence-electron chi connectivity index (χ3n) is 3.74. The van der Waals surface area contributed by atoms with Crippen molar-refractivity contribution in [3.63, 3.8) is 0 Å². The molecule has 1 saturated heterocycles. The molecule has 0 amide bonds. The van der Waals surface area contributed by atoms with Crippen LogP contribution in [0.25, 0.3) is 20.9 Å². The molecule has 4 nitrogen and oxygen atoms in total. The Labute approximate surface area is 120 Å². The summed E-state index contributed by atoms with van der Waals surface area (Å²) in [5, 5.41) is 8.78. The minimum Gasteiger partial charge on any atom is -0.333 e. The van der Waals surface area contributed by atoms with E-state index in [0.717, 1.165) is 30.2 Å². The zero-order chi connectivity index (χ0) is 13.4. The highest BCUT2D eigenvalue weighted by molar-refractivity contribution is 7.22. The summed E-state index contributed by atoms with van der Waals surface area (Å²) in [6.45, 7) is 2.04. The summed E-state index contributed by atoms with van der Waals surface area (Å²) < 4.78 is 6.71. The smallest absolute Gasteiger partial charge is 0.268 e. The first-order valence-corrected chi connectivity index (χ1v) is 7.75. The highest BCUT2D eigenvalue weighted by Gasteiger charge is 2.21. The fourth-order valence-corrected chi connectivity index (χ4v) is 3.64. The Hall–Kier alpha value is -1.72. The van der Waals surface area contributed by atoms with Crippen LogP contribution >= 0.6 is 11.3 Å². The molecule has 102 valence electrons. The van der Waals surface area contributed by atoms with E-state index in [0.29, 0.717) is 11.8 Å². The van der Waals surface area contributed by atoms with E-state index in [9.17, 15) is 0 Å². The molecular weight excluding hydrogens is 270 g/mol. The van der Waals surface area contributed by atoms with Gasteiger partial charge in [0.25, 0.3) is 5.89 Å². The van der Waals surface area contributed by atoms with Crippen molar-refractivity contribution in [1.82, 2.24) is 15.5 Å². The van der Waals surface area contributed by atoms with Crippen LogP contribution in [0.5, 0.6) is 0 Å². The van der Waals surface area contributed by atoms with E-state index >= 15 is 0 Å². The third kappa shape index (κ3) is 2.13. The number of piperidine rings is 1. The Balaban J connectivity index is 1.66. The number of benzene rings is 1. The largest absolute Gasteiger partial charge is 0.333 e. The predicted octanol–water partition coefficient (Wildman–Crippen LogP) is 3.42. The van der Waals surface area contributed by atoms with E-state index < -0.39 is 0 Å². The van der Waals surface area contributed by atoms with Crippen molar-refractivity contribution in [2.75, 3.05) is 13.1 Å². The van der Waals surface area contributed by atoms with Crippen molar-refractivity contribution in [1.29, 1.82) is 0 Å². The molecule has 1 N–H and O–H groups in total. The Morgan fingerprint density at radius 3 is 3.10 bits per heavy atom. The minimum atomic E-state index is 0.385. The Morgan fingerprint density at radius 2 is 2.25 bits per heavy atom. The molecule has 1 atom stereocenters.